The summed E-state index contributed by atoms with van der Waals surface area (Å²) in [6, 6.07) is 2.91. The summed E-state index contributed by atoms with van der Waals surface area (Å²) in [7, 11) is -0.207. The summed E-state index contributed by atoms with van der Waals surface area (Å²) < 4.78 is 34.4. The highest BCUT2D eigenvalue weighted by Crippen LogP contribution is 2.32. The Kier molecular flexibility index (Phi) is 4.86. The molecule has 1 aromatic heterocycles. The third-order valence-corrected chi connectivity index (χ3v) is 6.02. The Bertz CT molecular complexity index is 1010. The fraction of sp³-hybridized carbons (Fsp3) is 0.438. The van der Waals surface area contributed by atoms with Crippen LogP contribution in [0.15, 0.2) is 23.1 Å². The smallest absolute Gasteiger partial charge is 0.279 e. The van der Waals surface area contributed by atoms with Gasteiger partial charge in [-0.15, -0.1) is 0 Å². The molecule has 1 N–H and O–H groups in total. The van der Waals surface area contributed by atoms with Crippen LogP contribution in [0.1, 0.15) is 6.42 Å². The zero-order valence-electron chi connectivity index (χ0n) is 14.4. The van der Waals surface area contributed by atoms with Gasteiger partial charge in [-0.2, -0.15) is 5.10 Å². The molecule has 0 bridgehead atoms. The number of rotatable bonds is 5. The molecule has 0 unspecified atom stereocenters. The van der Waals surface area contributed by atoms with Crippen LogP contribution in [0.4, 0.5) is 0 Å². The first kappa shape index (κ1) is 18.2. The van der Waals surface area contributed by atoms with Crippen LogP contribution >= 0.6 is 0 Å². The van der Waals surface area contributed by atoms with Crippen LogP contribution in [0.2, 0.25) is 0 Å². The van der Waals surface area contributed by atoms with E-state index in [-0.39, 0.29) is 29.2 Å². The summed E-state index contributed by atoms with van der Waals surface area (Å²) in [6.07, 6.45) is 1.84. The minimum absolute atomic E-state index is 0.0586. The minimum Gasteiger partial charge on any atom is -0.493 e. The van der Waals surface area contributed by atoms with Crippen LogP contribution in [0.25, 0.3) is 10.8 Å². The van der Waals surface area contributed by atoms with E-state index in [0.717, 1.165) is 4.68 Å². The van der Waals surface area contributed by atoms with Crippen LogP contribution < -0.4 is 20.3 Å². The molecule has 1 aromatic carbocycles. The summed E-state index contributed by atoms with van der Waals surface area (Å²) >= 11 is 0. The zero-order chi connectivity index (χ0) is 18.9. The van der Waals surface area contributed by atoms with Crippen molar-refractivity contribution in [2.75, 3.05) is 25.7 Å². The number of benzene rings is 1. The maximum atomic E-state index is 12.7. The van der Waals surface area contributed by atoms with Gasteiger partial charge >= 0.3 is 0 Å². The van der Waals surface area contributed by atoms with Crippen molar-refractivity contribution in [1.82, 2.24) is 15.1 Å². The van der Waals surface area contributed by atoms with E-state index in [1.165, 1.54) is 20.4 Å². The van der Waals surface area contributed by atoms with Gasteiger partial charge in [-0.3, -0.25) is 9.59 Å². The van der Waals surface area contributed by atoms with Crippen molar-refractivity contribution < 1.29 is 22.7 Å². The number of carbonyl (C=O) groups is 1. The van der Waals surface area contributed by atoms with Gasteiger partial charge in [0.2, 0.25) is 5.91 Å². The molecular weight excluding hydrogens is 362 g/mol. The number of hydrogen-bond donors (Lipinski definition) is 1. The normalized spacial score (nSPS) is 18.6. The van der Waals surface area contributed by atoms with Crippen LogP contribution in [0.5, 0.6) is 11.5 Å². The Labute approximate surface area is 149 Å². The number of amides is 1. The van der Waals surface area contributed by atoms with E-state index in [1.54, 1.807) is 12.1 Å². The molecule has 140 valence electrons. The molecule has 26 heavy (non-hydrogen) atoms. The number of nitrogens with one attached hydrogen (secondary N) is 1. The first-order valence-electron chi connectivity index (χ1n) is 7.95. The summed E-state index contributed by atoms with van der Waals surface area (Å²) in [5, 5.41) is 7.47. The van der Waals surface area contributed by atoms with Gasteiger partial charge < -0.3 is 14.8 Å². The molecule has 1 aliphatic rings. The highest BCUT2D eigenvalue weighted by molar-refractivity contribution is 7.91. The number of methoxy groups -OCH3 is 2. The van der Waals surface area contributed by atoms with Crippen LogP contribution in [0, 0.1) is 0 Å². The molecule has 0 radical (unpaired) electrons. The Morgan fingerprint density at radius 2 is 2.12 bits per heavy atom. The van der Waals surface area contributed by atoms with Gasteiger partial charge in [-0.25, -0.2) is 13.1 Å². The SMILES string of the molecule is COc1ccc2cnn(CC(=O)N[C@@H]3CCS(=O)(=O)C3)c(=O)c2c1OC. The van der Waals surface area contributed by atoms with Gasteiger partial charge in [-0.1, -0.05) is 0 Å². The Morgan fingerprint density at radius 1 is 1.35 bits per heavy atom. The topological polar surface area (TPSA) is 117 Å². The Morgan fingerprint density at radius 3 is 2.73 bits per heavy atom. The van der Waals surface area contributed by atoms with Gasteiger partial charge in [0, 0.05) is 11.4 Å². The number of fused-ring (bicyclic) bond motifs is 1. The van der Waals surface area contributed by atoms with Crippen molar-refractivity contribution in [1.29, 1.82) is 0 Å². The number of sulfone groups is 1. The molecule has 9 nitrogen and oxygen atoms in total. The molecule has 2 aromatic rings. The van der Waals surface area contributed by atoms with Gasteiger partial charge in [0.05, 0.1) is 37.3 Å². The molecule has 1 aliphatic heterocycles. The van der Waals surface area contributed by atoms with Gasteiger partial charge in [0.25, 0.3) is 5.56 Å². The van der Waals surface area contributed by atoms with E-state index in [0.29, 0.717) is 17.6 Å². The number of nitrogens with zero attached hydrogens (tertiary/aromatic N) is 2. The van der Waals surface area contributed by atoms with Crippen molar-refractivity contribution >= 4 is 26.5 Å². The third kappa shape index (κ3) is 3.50. The molecule has 1 amide bonds. The monoisotopic (exact) mass is 381 g/mol. The second-order valence-electron chi connectivity index (χ2n) is 6.04. The van der Waals surface area contributed by atoms with Crippen molar-refractivity contribution in [2.45, 2.75) is 19.0 Å². The largest absolute Gasteiger partial charge is 0.493 e. The zero-order valence-corrected chi connectivity index (χ0v) is 15.2. The molecule has 1 atom stereocenters. The van der Waals surface area contributed by atoms with Crippen LogP contribution in [-0.2, 0) is 21.2 Å². The first-order chi connectivity index (χ1) is 12.3. The maximum Gasteiger partial charge on any atom is 0.279 e. The first-order valence-corrected chi connectivity index (χ1v) is 9.77. The fourth-order valence-electron chi connectivity index (χ4n) is 3.01. The standard InChI is InChI=1S/C16H19N3O6S/c1-24-12-4-3-10-7-17-19(16(21)14(10)15(12)25-2)8-13(20)18-11-5-6-26(22,23)9-11/h3-4,7,11H,5-6,8-9H2,1-2H3,(H,18,20)/t11-/m1/s1. The number of aromatic nitrogens is 2. The van der Waals surface area contributed by atoms with E-state index < -0.39 is 27.3 Å². The fourth-order valence-corrected chi connectivity index (χ4v) is 4.69. The lowest BCUT2D eigenvalue weighted by Crippen LogP contribution is -2.40. The number of carbonyl (C=O) groups excluding carboxylic acids is 1. The lowest BCUT2D eigenvalue weighted by Gasteiger charge is -2.13. The van der Waals surface area contributed by atoms with Crippen molar-refractivity contribution in [3.05, 3.63) is 28.7 Å². The third-order valence-electron chi connectivity index (χ3n) is 4.25. The Balaban J connectivity index is 1.87. The lowest BCUT2D eigenvalue weighted by atomic mass is 10.1. The summed E-state index contributed by atoms with van der Waals surface area (Å²) in [5.74, 6) is 0.180. The molecule has 3 rings (SSSR count). The van der Waals surface area contributed by atoms with Crippen molar-refractivity contribution in [2.24, 2.45) is 0 Å². The van der Waals surface area contributed by atoms with Crippen LogP contribution in [0.3, 0.4) is 0 Å². The summed E-state index contributed by atoms with van der Waals surface area (Å²) in [6.45, 7) is -0.314. The number of ether oxygens (including phenoxy) is 2. The van der Waals surface area contributed by atoms with E-state index in [2.05, 4.69) is 10.4 Å². The quantitative estimate of drug-likeness (QED) is 0.757. The average molecular weight is 381 g/mol. The predicted octanol–water partition coefficient (Wildman–Crippen LogP) is -0.283. The molecule has 0 aliphatic carbocycles. The van der Waals surface area contributed by atoms with Gasteiger partial charge in [0.1, 0.15) is 6.54 Å². The van der Waals surface area contributed by atoms with Gasteiger partial charge in [-0.05, 0) is 18.6 Å². The highest BCUT2D eigenvalue weighted by Gasteiger charge is 2.29. The average Bonchev–Trinajstić information content (AvgIpc) is 2.94. The van der Waals surface area contributed by atoms with Gasteiger partial charge in [0.15, 0.2) is 21.3 Å². The van der Waals surface area contributed by atoms with E-state index >= 15 is 0 Å². The van der Waals surface area contributed by atoms with Crippen molar-refractivity contribution in [3.8, 4) is 11.5 Å². The molecule has 0 spiro atoms. The molecule has 2 heterocycles. The highest BCUT2D eigenvalue weighted by atomic mass is 32.2. The second kappa shape index (κ2) is 6.94. The molecular formula is C16H19N3O6S. The summed E-state index contributed by atoms with van der Waals surface area (Å²) in [4.78, 5) is 24.9. The van der Waals surface area contributed by atoms with E-state index in [1.807, 2.05) is 0 Å². The molecule has 1 saturated heterocycles. The summed E-state index contributed by atoms with van der Waals surface area (Å²) in [5.41, 5.74) is -0.493. The Hall–Kier alpha value is -2.62. The van der Waals surface area contributed by atoms with E-state index in [4.69, 9.17) is 9.47 Å². The maximum absolute atomic E-state index is 12.7. The predicted molar refractivity (Wildman–Crippen MR) is 94.3 cm³/mol. The second-order valence-corrected chi connectivity index (χ2v) is 8.27. The lowest BCUT2D eigenvalue weighted by molar-refractivity contribution is -0.122. The van der Waals surface area contributed by atoms with E-state index in [9.17, 15) is 18.0 Å². The molecule has 0 saturated carbocycles. The number of hydrogen-bond acceptors (Lipinski definition) is 7. The van der Waals surface area contributed by atoms with Crippen molar-refractivity contribution in [3.63, 3.8) is 0 Å². The van der Waals surface area contributed by atoms with Crippen LogP contribution in [-0.4, -0.2) is 55.9 Å². The molecule has 1 fully saturated rings. The minimum atomic E-state index is -3.10. The molecule has 10 heteroatoms.